The van der Waals surface area contributed by atoms with Crippen molar-refractivity contribution >= 4 is 23.6 Å². The van der Waals surface area contributed by atoms with E-state index in [1.807, 2.05) is 68.2 Å². The van der Waals surface area contributed by atoms with Gasteiger partial charge in [-0.2, -0.15) is 0 Å². The molecule has 1 aromatic heterocycles. The maximum absolute atomic E-state index is 14.0. The van der Waals surface area contributed by atoms with Gasteiger partial charge < -0.3 is 14.6 Å². The van der Waals surface area contributed by atoms with Crippen molar-refractivity contribution in [1.29, 1.82) is 0 Å². The van der Waals surface area contributed by atoms with Gasteiger partial charge in [-0.1, -0.05) is 43.0 Å². The smallest absolute Gasteiger partial charge is 0.270 e. The number of aliphatic hydroxyl groups is 1. The van der Waals surface area contributed by atoms with Crippen molar-refractivity contribution in [2.45, 2.75) is 77.9 Å². The van der Waals surface area contributed by atoms with Crippen molar-refractivity contribution in [2.24, 2.45) is 5.92 Å². The van der Waals surface area contributed by atoms with E-state index in [9.17, 15) is 18.7 Å². The highest BCUT2D eigenvalue weighted by atomic mass is 19.3. The molecule has 5 rings (SSSR count). The van der Waals surface area contributed by atoms with Crippen LogP contribution >= 0.6 is 0 Å². The first-order valence-corrected chi connectivity index (χ1v) is 15.6. The van der Waals surface area contributed by atoms with Crippen molar-refractivity contribution in [3.8, 4) is 0 Å². The molecule has 1 aliphatic carbocycles. The number of aryl methyl sites for hydroxylation is 1. The Balaban J connectivity index is 1.31. The number of allylic oxidation sites excluding steroid dienone is 2. The summed E-state index contributed by atoms with van der Waals surface area (Å²) in [6.45, 7) is 12.9. The van der Waals surface area contributed by atoms with Crippen LogP contribution in [0, 0.1) is 12.8 Å². The minimum absolute atomic E-state index is 0.000865. The predicted molar refractivity (Wildman–Crippen MR) is 174 cm³/mol. The van der Waals surface area contributed by atoms with E-state index in [4.69, 9.17) is 4.98 Å². The van der Waals surface area contributed by atoms with Gasteiger partial charge in [0.2, 0.25) is 0 Å². The number of amides is 1. The molecule has 1 amide bonds. The Morgan fingerprint density at radius 1 is 1.11 bits per heavy atom. The topological polar surface area (TPSA) is 58.4 Å². The number of benzene rings is 2. The number of nitrogens with zero attached hydrogens (tertiary/aromatic N) is 3. The van der Waals surface area contributed by atoms with Crippen LogP contribution < -0.4 is 0 Å². The Bertz CT molecular complexity index is 1580. The molecular formula is C37H43F2N3O2. The molecule has 1 N–H and O–H groups in total. The van der Waals surface area contributed by atoms with Crippen LogP contribution in [-0.2, 0) is 12.5 Å². The minimum atomic E-state index is -2.92. The molecule has 5 nitrogen and oxygen atoms in total. The lowest BCUT2D eigenvalue weighted by Gasteiger charge is -2.35. The summed E-state index contributed by atoms with van der Waals surface area (Å²) in [5, 5.41) is 9.85. The summed E-state index contributed by atoms with van der Waals surface area (Å²) in [6, 6.07) is 12.2. The molecule has 2 fully saturated rings. The van der Waals surface area contributed by atoms with Gasteiger partial charge in [-0.3, -0.25) is 4.79 Å². The lowest BCUT2D eigenvalue weighted by Crippen LogP contribution is -2.39. The molecular weight excluding hydrogens is 556 g/mol. The molecule has 1 saturated heterocycles. The van der Waals surface area contributed by atoms with Gasteiger partial charge in [0.15, 0.2) is 0 Å². The number of likely N-dealkylation sites (tertiary alicyclic amines) is 1. The van der Waals surface area contributed by atoms with Crippen LogP contribution in [0.4, 0.5) is 8.78 Å². The highest BCUT2D eigenvalue weighted by Crippen LogP contribution is 2.36. The number of imidazole rings is 1. The Labute approximate surface area is 259 Å². The third-order valence-electron chi connectivity index (χ3n) is 9.11. The van der Waals surface area contributed by atoms with Crippen molar-refractivity contribution in [3.05, 3.63) is 106 Å². The van der Waals surface area contributed by atoms with Gasteiger partial charge in [0.05, 0.1) is 17.5 Å². The van der Waals surface area contributed by atoms with E-state index >= 15 is 0 Å². The van der Waals surface area contributed by atoms with Gasteiger partial charge in [-0.05, 0) is 105 Å². The number of hydrogen-bond acceptors (Lipinski definition) is 3. The second-order valence-corrected chi connectivity index (χ2v) is 12.3. The second kappa shape index (κ2) is 13.0. The van der Waals surface area contributed by atoms with Crippen LogP contribution in [-0.4, -0.2) is 44.7 Å². The Hall–Kier alpha value is -3.84. The number of aromatic nitrogens is 2. The standard InChI is InChI=1S/C37H43F2N3O2/c1-6-10-34-33(8-3)40-35(42(34)23-25-20-30(43)21-25)26-15-17-41(18-16-26)36(44)28-13-14-32(24(4)19-28)31(7-2)27-11-9-12-29(22-27)37(5,38)39/h6-14,19,22,25-26,30,43H,3,15-18,20-21,23H2,1-2,4-5H3/b10-6-,31-7-. The van der Waals surface area contributed by atoms with Gasteiger partial charge in [0.25, 0.3) is 11.8 Å². The summed E-state index contributed by atoms with van der Waals surface area (Å²) < 4.78 is 30.3. The van der Waals surface area contributed by atoms with Crippen LogP contribution in [0.25, 0.3) is 17.7 Å². The van der Waals surface area contributed by atoms with E-state index in [2.05, 4.69) is 17.2 Å². The molecule has 0 atom stereocenters. The number of hydrogen-bond donors (Lipinski definition) is 1. The summed E-state index contributed by atoms with van der Waals surface area (Å²) in [6.07, 6.45) is 10.9. The molecule has 1 saturated carbocycles. The first kappa shape index (κ1) is 31.6. The zero-order valence-corrected chi connectivity index (χ0v) is 26.2. The van der Waals surface area contributed by atoms with Crippen molar-refractivity contribution in [3.63, 3.8) is 0 Å². The molecule has 2 aliphatic rings. The van der Waals surface area contributed by atoms with E-state index in [0.29, 0.717) is 24.6 Å². The monoisotopic (exact) mass is 599 g/mol. The first-order valence-electron chi connectivity index (χ1n) is 15.6. The van der Waals surface area contributed by atoms with E-state index in [-0.39, 0.29) is 23.5 Å². The number of carbonyl (C=O) groups excluding carboxylic acids is 1. The molecule has 3 aromatic rings. The van der Waals surface area contributed by atoms with Crippen molar-refractivity contribution in [2.75, 3.05) is 13.1 Å². The van der Waals surface area contributed by atoms with Crippen LogP contribution in [0.15, 0.2) is 61.2 Å². The number of carbonyl (C=O) groups is 1. The fourth-order valence-electron chi connectivity index (χ4n) is 6.66. The quantitative estimate of drug-likeness (QED) is 0.270. The number of aliphatic hydroxyl groups excluding tert-OH is 1. The maximum atomic E-state index is 14.0. The molecule has 2 heterocycles. The van der Waals surface area contributed by atoms with E-state index < -0.39 is 5.92 Å². The summed E-state index contributed by atoms with van der Waals surface area (Å²) >= 11 is 0. The average Bonchev–Trinajstić information content (AvgIpc) is 3.34. The second-order valence-electron chi connectivity index (χ2n) is 12.3. The van der Waals surface area contributed by atoms with Gasteiger partial charge in [0.1, 0.15) is 5.82 Å². The van der Waals surface area contributed by atoms with Gasteiger partial charge in [-0.25, -0.2) is 13.8 Å². The van der Waals surface area contributed by atoms with Crippen molar-refractivity contribution < 1.29 is 18.7 Å². The molecule has 0 unspecified atom stereocenters. The maximum Gasteiger partial charge on any atom is 0.270 e. The molecule has 0 bridgehead atoms. The largest absolute Gasteiger partial charge is 0.393 e. The molecule has 7 heteroatoms. The molecule has 2 aromatic carbocycles. The number of piperidine rings is 1. The fourth-order valence-corrected chi connectivity index (χ4v) is 6.66. The molecule has 1 aliphatic heterocycles. The van der Waals surface area contributed by atoms with Crippen LogP contribution in [0.3, 0.4) is 0 Å². The molecule has 0 radical (unpaired) electrons. The van der Waals surface area contributed by atoms with E-state index in [1.165, 1.54) is 6.07 Å². The van der Waals surface area contributed by atoms with Crippen LogP contribution in [0.5, 0.6) is 0 Å². The fraction of sp³-hybridized carbons (Fsp3) is 0.405. The lowest BCUT2D eigenvalue weighted by molar-refractivity contribution is 0.0174. The first-order chi connectivity index (χ1) is 21.0. The summed E-state index contributed by atoms with van der Waals surface area (Å²) in [4.78, 5) is 20.5. The lowest BCUT2D eigenvalue weighted by atomic mass is 9.82. The third kappa shape index (κ3) is 6.48. The van der Waals surface area contributed by atoms with E-state index in [0.717, 1.165) is 78.6 Å². The zero-order chi connectivity index (χ0) is 31.6. The normalized spacial score (nSPS) is 19.8. The number of halogens is 2. The molecule has 232 valence electrons. The zero-order valence-electron chi connectivity index (χ0n) is 26.2. The third-order valence-corrected chi connectivity index (χ3v) is 9.11. The summed E-state index contributed by atoms with van der Waals surface area (Å²) in [5.74, 6) is -1.21. The number of rotatable bonds is 9. The number of alkyl halides is 2. The van der Waals surface area contributed by atoms with Gasteiger partial charge >= 0.3 is 0 Å². The highest BCUT2D eigenvalue weighted by molar-refractivity contribution is 5.95. The van der Waals surface area contributed by atoms with E-state index in [1.54, 1.807) is 12.1 Å². The summed E-state index contributed by atoms with van der Waals surface area (Å²) in [5.41, 5.74) is 5.96. The van der Waals surface area contributed by atoms with Crippen molar-refractivity contribution in [1.82, 2.24) is 14.5 Å². The average molecular weight is 600 g/mol. The predicted octanol–water partition coefficient (Wildman–Crippen LogP) is 8.22. The molecule has 44 heavy (non-hydrogen) atoms. The highest BCUT2D eigenvalue weighted by Gasteiger charge is 2.33. The Morgan fingerprint density at radius 2 is 1.84 bits per heavy atom. The Morgan fingerprint density at radius 3 is 2.43 bits per heavy atom. The van der Waals surface area contributed by atoms with Crippen LogP contribution in [0.1, 0.15) is 102 Å². The SMILES string of the molecule is C=Cc1nc(C2CCN(C(=O)c3ccc(/C(=C\C)c4cccc(C(C)(F)F)c4)c(C)c3)CC2)n(CC2CC(O)C2)c1/C=C\C. The summed E-state index contributed by atoms with van der Waals surface area (Å²) in [7, 11) is 0. The Kier molecular flexibility index (Phi) is 9.35. The van der Waals surface area contributed by atoms with Gasteiger partial charge in [-0.15, -0.1) is 0 Å². The minimum Gasteiger partial charge on any atom is -0.393 e. The molecule has 0 spiro atoms. The van der Waals surface area contributed by atoms with Crippen LogP contribution in [0.2, 0.25) is 0 Å². The van der Waals surface area contributed by atoms with Gasteiger partial charge in [0, 0.05) is 43.6 Å².